The molecule has 1 heterocycles. The fourth-order valence-electron chi connectivity index (χ4n) is 3.34. The number of para-hydroxylation sites is 1. The summed E-state index contributed by atoms with van der Waals surface area (Å²) in [6, 6.07) is 22.6. The highest BCUT2D eigenvalue weighted by atomic mass is 79.9. The zero-order chi connectivity index (χ0) is 22.5. The van der Waals surface area contributed by atoms with Gasteiger partial charge in [-0.25, -0.2) is 0 Å². The minimum atomic E-state index is -0.210. The third-order valence-corrected chi connectivity index (χ3v) is 5.38. The molecule has 0 saturated heterocycles. The van der Waals surface area contributed by atoms with Crippen molar-refractivity contribution in [2.75, 3.05) is 18.7 Å². The van der Waals surface area contributed by atoms with Gasteiger partial charge in [0.15, 0.2) is 11.5 Å². The number of benzene rings is 3. The number of anilines is 1. The largest absolute Gasteiger partial charge is 0.493 e. The summed E-state index contributed by atoms with van der Waals surface area (Å²) in [6.45, 7) is 0.116. The van der Waals surface area contributed by atoms with E-state index in [0.29, 0.717) is 32.9 Å². The lowest BCUT2D eigenvalue weighted by atomic mass is 10.00. The number of rotatable bonds is 6. The van der Waals surface area contributed by atoms with Crippen molar-refractivity contribution < 1.29 is 14.3 Å². The van der Waals surface area contributed by atoms with Crippen molar-refractivity contribution in [2.24, 2.45) is 5.10 Å². The van der Waals surface area contributed by atoms with E-state index in [9.17, 15) is 4.79 Å². The van der Waals surface area contributed by atoms with Gasteiger partial charge >= 0.3 is 0 Å². The standard InChI is InChI=1S/C26H19BrN2O3/c1-3-14-32-25-22(27)16-18(17-23(25)31-2)15-21-24(19-10-6-4-7-11-19)28-29(26(21)30)20-12-8-5-9-13-20/h1,4-13,15-17H,14H2,2H3/b21-15-. The molecule has 158 valence electrons. The lowest BCUT2D eigenvalue weighted by Crippen LogP contribution is -2.21. The first-order valence-corrected chi connectivity index (χ1v) is 10.6. The molecule has 0 radical (unpaired) electrons. The first kappa shape index (κ1) is 21.4. The highest BCUT2D eigenvalue weighted by molar-refractivity contribution is 9.10. The number of methoxy groups -OCH3 is 1. The summed E-state index contributed by atoms with van der Waals surface area (Å²) in [5.74, 6) is 3.24. The van der Waals surface area contributed by atoms with Crippen LogP contribution in [0, 0.1) is 12.3 Å². The Balaban J connectivity index is 1.80. The predicted molar refractivity (Wildman–Crippen MR) is 130 cm³/mol. The molecule has 1 aliphatic heterocycles. The van der Waals surface area contributed by atoms with Crippen molar-refractivity contribution in [3.8, 4) is 23.8 Å². The van der Waals surface area contributed by atoms with Crippen LogP contribution in [-0.2, 0) is 4.79 Å². The topological polar surface area (TPSA) is 51.1 Å². The van der Waals surface area contributed by atoms with Gasteiger partial charge in [0.25, 0.3) is 5.91 Å². The lowest BCUT2D eigenvalue weighted by molar-refractivity contribution is -0.114. The van der Waals surface area contributed by atoms with E-state index in [2.05, 4.69) is 27.0 Å². The van der Waals surface area contributed by atoms with Crippen molar-refractivity contribution in [3.63, 3.8) is 0 Å². The van der Waals surface area contributed by atoms with Crippen LogP contribution in [0.5, 0.6) is 11.5 Å². The number of hydrogen-bond acceptors (Lipinski definition) is 4. The van der Waals surface area contributed by atoms with Crippen LogP contribution in [-0.4, -0.2) is 25.3 Å². The molecule has 1 aliphatic rings. The SMILES string of the molecule is C#CCOc1c(Br)cc(/C=C2\C(=O)N(c3ccccc3)N=C2c2ccccc2)cc1OC. The molecule has 0 unspecified atom stereocenters. The van der Waals surface area contributed by atoms with E-state index < -0.39 is 0 Å². The third kappa shape index (κ3) is 4.29. The zero-order valence-electron chi connectivity index (χ0n) is 17.3. The van der Waals surface area contributed by atoms with Crippen LogP contribution in [0.25, 0.3) is 6.08 Å². The molecule has 3 aromatic rings. The van der Waals surface area contributed by atoms with Crippen LogP contribution in [0.1, 0.15) is 11.1 Å². The lowest BCUT2D eigenvalue weighted by Gasteiger charge is -2.13. The maximum Gasteiger partial charge on any atom is 0.281 e. The molecule has 0 aromatic heterocycles. The molecular formula is C26H19BrN2O3. The molecule has 0 N–H and O–H groups in total. The van der Waals surface area contributed by atoms with E-state index in [4.69, 9.17) is 15.9 Å². The van der Waals surface area contributed by atoms with Crippen molar-refractivity contribution in [2.45, 2.75) is 0 Å². The van der Waals surface area contributed by atoms with Crippen LogP contribution in [0.4, 0.5) is 5.69 Å². The number of halogens is 1. The van der Waals surface area contributed by atoms with Gasteiger partial charge in [0.2, 0.25) is 0 Å². The van der Waals surface area contributed by atoms with E-state index in [0.717, 1.165) is 11.1 Å². The number of carbonyl (C=O) groups is 1. The molecule has 0 aliphatic carbocycles. The Labute approximate surface area is 195 Å². The van der Waals surface area contributed by atoms with Crippen LogP contribution in [0.3, 0.4) is 0 Å². The van der Waals surface area contributed by atoms with Gasteiger partial charge in [-0.15, -0.1) is 6.42 Å². The molecule has 3 aromatic carbocycles. The second-order valence-corrected chi connectivity index (χ2v) is 7.71. The van der Waals surface area contributed by atoms with Gasteiger partial charge in [0.05, 0.1) is 22.8 Å². The molecule has 5 nitrogen and oxygen atoms in total. The molecule has 6 heteroatoms. The molecule has 32 heavy (non-hydrogen) atoms. The summed E-state index contributed by atoms with van der Waals surface area (Å²) in [5.41, 5.74) is 3.38. The quantitative estimate of drug-likeness (QED) is 0.350. The zero-order valence-corrected chi connectivity index (χ0v) is 18.9. The highest BCUT2D eigenvalue weighted by Gasteiger charge is 2.32. The smallest absolute Gasteiger partial charge is 0.281 e. The van der Waals surface area contributed by atoms with Gasteiger partial charge < -0.3 is 9.47 Å². The highest BCUT2D eigenvalue weighted by Crippen LogP contribution is 2.38. The molecule has 0 bridgehead atoms. The third-order valence-electron chi connectivity index (χ3n) is 4.79. The van der Waals surface area contributed by atoms with Gasteiger partial charge in [0, 0.05) is 5.56 Å². The van der Waals surface area contributed by atoms with Gasteiger partial charge in [-0.05, 0) is 51.8 Å². The average Bonchev–Trinajstić information content (AvgIpc) is 3.15. The van der Waals surface area contributed by atoms with Gasteiger partial charge in [-0.2, -0.15) is 10.1 Å². The summed E-state index contributed by atoms with van der Waals surface area (Å²) < 4.78 is 11.7. The number of nitrogens with zero attached hydrogens (tertiary/aromatic N) is 2. The summed E-state index contributed by atoms with van der Waals surface area (Å²) in [6.07, 6.45) is 7.11. The van der Waals surface area contributed by atoms with Crippen molar-refractivity contribution in [1.29, 1.82) is 0 Å². The maximum absolute atomic E-state index is 13.4. The predicted octanol–water partition coefficient (Wildman–Crippen LogP) is 5.30. The van der Waals surface area contributed by atoms with Crippen LogP contribution < -0.4 is 14.5 Å². The Morgan fingerprint density at radius 2 is 1.78 bits per heavy atom. The molecule has 0 atom stereocenters. The fourth-order valence-corrected chi connectivity index (χ4v) is 3.92. The van der Waals surface area contributed by atoms with E-state index in [1.54, 1.807) is 19.3 Å². The molecule has 1 amide bonds. The first-order valence-electron chi connectivity index (χ1n) is 9.81. The fraction of sp³-hybridized carbons (Fsp3) is 0.0769. The molecular weight excluding hydrogens is 468 g/mol. The van der Waals surface area contributed by atoms with Gasteiger partial charge in [-0.1, -0.05) is 54.5 Å². The van der Waals surface area contributed by atoms with Crippen LogP contribution in [0.2, 0.25) is 0 Å². The first-order chi connectivity index (χ1) is 15.6. The minimum Gasteiger partial charge on any atom is -0.493 e. The van der Waals surface area contributed by atoms with Crippen LogP contribution in [0.15, 0.2) is 87.9 Å². The Hall–Kier alpha value is -3.82. The Morgan fingerprint density at radius 3 is 2.44 bits per heavy atom. The summed E-state index contributed by atoms with van der Waals surface area (Å²) in [7, 11) is 1.55. The molecule has 0 spiro atoms. The van der Waals surface area contributed by atoms with Gasteiger partial charge in [-0.3, -0.25) is 4.79 Å². The normalized spacial score (nSPS) is 14.3. The number of hydrazone groups is 1. The van der Waals surface area contributed by atoms with Crippen molar-refractivity contribution in [1.82, 2.24) is 0 Å². The van der Waals surface area contributed by atoms with E-state index in [1.165, 1.54) is 5.01 Å². The summed E-state index contributed by atoms with van der Waals surface area (Å²) >= 11 is 3.51. The number of hydrogen-bond donors (Lipinski definition) is 0. The average molecular weight is 487 g/mol. The molecule has 0 saturated carbocycles. The minimum absolute atomic E-state index is 0.116. The second kappa shape index (κ2) is 9.54. The second-order valence-electron chi connectivity index (χ2n) is 6.85. The number of carbonyl (C=O) groups excluding carboxylic acids is 1. The monoisotopic (exact) mass is 486 g/mol. The Bertz CT molecular complexity index is 1250. The molecule has 4 rings (SSSR count). The van der Waals surface area contributed by atoms with Crippen molar-refractivity contribution in [3.05, 3.63) is 94.0 Å². The maximum atomic E-state index is 13.4. The number of ether oxygens (including phenoxy) is 2. The van der Waals surface area contributed by atoms with Gasteiger partial charge in [0.1, 0.15) is 12.3 Å². The molecule has 0 fully saturated rings. The van der Waals surface area contributed by atoms with E-state index >= 15 is 0 Å². The van der Waals surface area contributed by atoms with E-state index in [-0.39, 0.29) is 12.5 Å². The van der Waals surface area contributed by atoms with Crippen molar-refractivity contribution >= 4 is 39.3 Å². The Morgan fingerprint density at radius 1 is 1.09 bits per heavy atom. The van der Waals surface area contributed by atoms with Crippen LogP contribution >= 0.6 is 15.9 Å². The summed E-state index contributed by atoms with van der Waals surface area (Å²) in [4.78, 5) is 13.4. The van der Waals surface area contributed by atoms with E-state index in [1.807, 2.05) is 66.7 Å². The number of amides is 1. The number of terminal acetylenes is 1. The Kier molecular flexibility index (Phi) is 6.39. The summed E-state index contributed by atoms with van der Waals surface area (Å²) in [5, 5.41) is 6.07.